The summed E-state index contributed by atoms with van der Waals surface area (Å²) in [4.78, 5) is 15.7. The van der Waals surface area contributed by atoms with Crippen molar-refractivity contribution in [2.24, 2.45) is 0 Å². The topological polar surface area (TPSA) is 42.1 Å². The molecule has 0 bridgehead atoms. The lowest BCUT2D eigenvalue weighted by Gasteiger charge is -2.16. The maximum absolute atomic E-state index is 12.5. The quantitative estimate of drug-likeness (QED) is 0.664. The van der Waals surface area contributed by atoms with Crippen molar-refractivity contribution in [2.75, 3.05) is 0 Å². The van der Waals surface area contributed by atoms with Gasteiger partial charge in [-0.25, -0.2) is 4.79 Å². The fourth-order valence-corrected chi connectivity index (χ4v) is 2.75. The van der Waals surface area contributed by atoms with Crippen molar-refractivity contribution >= 4 is 29.1 Å². The number of carbonyl (C=O) groups excluding carboxylic acids is 1. The molecule has 0 unspecified atom stereocenters. The van der Waals surface area contributed by atoms with Crippen molar-refractivity contribution in [1.29, 1.82) is 0 Å². The highest BCUT2D eigenvalue weighted by Crippen LogP contribution is 2.28. The molecule has 4 heteroatoms. The van der Waals surface area contributed by atoms with Crippen LogP contribution in [0.3, 0.4) is 0 Å². The normalized spacial score (nSPS) is 11.3. The first-order valence-electron chi connectivity index (χ1n) is 6.77. The Bertz CT molecular complexity index is 701. The Morgan fingerprint density at radius 1 is 1.20 bits per heavy atom. The minimum Gasteiger partial charge on any atom is -0.459 e. The van der Waals surface area contributed by atoms with Gasteiger partial charge in [-0.3, -0.25) is 0 Å². The highest BCUT2D eigenvalue weighted by molar-refractivity contribution is 7.71. The first kappa shape index (κ1) is 14.7. The summed E-state index contributed by atoms with van der Waals surface area (Å²) in [6.45, 7) is 7.75. The van der Waals surface area contributed by atoms with Crippen LogP contribution in [-0.2, 0) is 4.74 Å². The van der Waals surface area contributed by atoms with Crippen LogP contribution in [0.25, 0.3) is 10.9 Å². The molecule has 0 saturated carbocycles. The molecule has 0 aliphatic carbocycles. The third kappa shape index (κ3) is 2.75. The lowest BCUT2D eigenvalue weighted by atomic mass is 9.95. The van der Waals surface area contributed by atoms with Crippen molar-refractivity contribution in [3.05, 3.63) is 40.0 Å². The van der Waals surface area contributed by atoms with E-state index in [9.17, 15) is 4.79 Å². The standard InChI is InChI=1S/C16H19NO2S/c1-9(2)13-14(16(18)19-10(3)4)11-7-5-6-8-12(11)17-15(13)20/h5-10H,1-4H3,(H,17,20). The maximum Gasteiger partial charge on any atom is 0.339 e. The van der Waals surface area contributed by atoms with Gasteiger partial charge in [0, 0.05) is 16.5 Å². The molecule has 0 atom stereocenters. The highest BCUT2D eigenvalue weighted by Gasteiger charge is 2.21. The Morgan fingerprint density at radius 2 is 1.85 bits per heavy atom. The lowest BCUT2D eigenvalue weighted by molar-refractivity contribution is 0.0378. The zero-order chi connectivity index (χ0) is 14.9. The molecule has 0 saturated heterocycles. The molecule has 0 spiro atoms. The number of esters is 1. The van der Waals surface area contributed by atoms with Crippen molar-refractivity contribution in [3.8, 4) is 0 Å². The molecule has 0 fully saturated rings. The number of aromatic nitrogens is 1. The summed E-state index contributed by atoms with van der Waals surface area (Å²) < 4.78 is 6.00. The number of nitrogens with one attached hydrogen (secondary N) is 1. The van der Waals surface area contributed by atoms with E-state index in [1.54, 1.807) is 0 Å². The molecule has 1 aromatic heterocycles. The van der Waals surface area contributed by atoms with Crippen LogP contribution in [0.5, 0.6) is 0 Å². The van der Waals surface area contributed by atoms with Crippen LogP contribution in [0.1, 0.15) is 49.5 Å². The Labute approximate surface area is 124 Å². The van der Waals surface area contributed by atoms with E-state index >= 15 is 0 Å². The average molecular weight is 289 g/mol. The number of pyridine rings is 1. The number of H-pyrrole nitrogens is 1. The molecule has 0 aliphatic heterocycles. The van der Waals surface area contributed by atoms with E-state index in [0.29, 0.717) is 10.2 Å². The molecule has 0 radical (unpaired) electrons. The van der Waals surface area contributed by atoms with Gasteiger partial charge in [0.1, 0.15) is 4.64 Å². The van der Waals surface area contributed by atoms with Gasteiger partial charge in [0.05, 0.1) is 11.7 Å². The number of fused-ring (bicyclic) bond motifs is 1. The van der Waals surface area contributed by atoms with Gasteiger partial charge in [0.2, 0.25) is 0 Å². The van der Waals surface area contributed by atoms with Crippen LogP contribution in [-0.4, -0.2) is 17.1 Å². The minimum absolute atomic E-state index is 0.151. The molecule has 0 amide bonds. The summed E-state index contributed by atoms with van der Waals surface area (Å²) in [6, 6.07) is 7.67. The van der Waals surface area contributed by atoms with Gasteiger partial charge < -0.3 is 9.72 Å². The van der Waals surface area contributed by atoms with Gasteiger partial charge in [-0.2, -0.15) is 0 Å². The first-order chi connectivity index (χ1) is 9.41. The van der Waals surface area contributed by atoms with Gasteiger partial charge in [0.25, 0.3) is 0 Å². The Morgan fingerprint density at radius 3 is 2.45 bits per heavy atom. The SMILES string of the molecule is CC(C)OC(=O)c1c(C(C)C)c(=S)[nH]c2ccccc12. The van der Waals surface area contributed by atoms with Crippen LogP contribution in [0.2, 0.25) is 0 Å². The second kappa shape index (κ2) is 5.75. The smallest absolute Gasteiger partial charge is 0.339 e. The summed E-state index contributed by atoms with van der Waals surface area (Å²) in [5.41, 5.74) is 2.30. The van der Waals surface area contributed by atoms with Gasteiger partial charge >= 0.3 is 5.97 Å². The number of benzene rings is 1. The highest BCUT2D eigenvalue weighted by atomic mass is 32.1. The molecule has 3 nitrogen and oxygen atoms in total. The van der Waals surface area contributed by atoms with Crippen molar-refractivity contribution in [2.45, 2.75) is 39.7 Å². The summed E-state index contributed by atoms with van der Waals surface area (Å²) in [7, 11) is 0. The number of rotatable bonds is 3. The molecule has 1 aromatic carbocycles. The number of aromatic amines is 1. The van der Waals surface area contributed by atoms with Crippen molar-refractivity contribution in [1.82, 2.24) is 4.98 Å². The van der Waals surface area contributed by atoms with Gasteiger partial charge in [-0.1, -0.05) is 44.3 Å². The van der Waals surface area contributed by atoms with Gasteiger partial charge in [-0.15, -0.1) is 0 Å². The number of ether oxygens (including phenoxy) is 1. The van der Waals surface area contributed by atoms with E-state index in [2.05, 4.69) is 4.98 Å². The number of hydrogen-bond acceptors (Lipinski definition) is 3. The third-order valence-electron chi connectivity index (χ3n) is 3.08. The van der Waals surface area contributed by atoms with Crippen LogP contribution in [0.15, 0.2) is 24.3 Å². The summed E-state index contributed by atoms with van der Waals surface area (Å²) >= 11 is 5.41. The summed E-state index contributed by atoms with van der Waals surface area (Å²) in [5.74, 6) is -0.155. The predicted octanol–water partition coefficient (Wildman–Crippen LogP) is 4.59. The molecule has 1 heterocycles. The number of hydrogen-bond donors (Lipinski definition) is 1. The van der Waals surface area contributed by atoms with E-state index in [1.165, 1.54) is 0 Å². The lowest BCUT2D eigenvalue weighted by Crippen LogP contribution is -2.15. The van der Waals surface area contributed by atoms with Crippen LogP contribution < -0.4 is 0 Å². The zero-order valence-electron chi connectivity index (χ0n) is 12.2. The first-order valence-corrected chi connectivity index (χ1v) is 7.18. The van der Waals surface area contributed by atoms with Gasteiger partial charge in [0.15, 0.2) is 0 Å². The molecular weight excluding hydrogens is 270 g/mol. The Hall–Kier alpha value is -1.68. The molecule has 106 valence electrons. The minimum atomic E-state index is -0.306. The van der Waals surface area contributed by atoms with Crippen molar-refractivity contribution < 1.29 is 9.53 Å². The third-order valence-corrected chi connectivity index (χ3v) is 3.40. The maximum atomic E-state index is 12.5. The van der Waals surface area contributed by atoms with Gasteiger partial charge in [-0.05, 0) is 25.8 Å². The predicted molar refractivity (Wildman–Crippen MR) is 83.8 cm³/mol. The van der Waals surface area contributed by atoms with Crippen LogP contribution in [0, 0.1) is 4.64 Å². The second-order valence-corrected chi connectivity index (χ2v) is 5.81. The largest absolute Gasteiger partial charge is 0.459 e. The Balaban J connectivity index is 2.79. The Kier molecular flexibility index (Phi) is 4.23. The van der Waals surface area contributed by atoms with E-state index in [4.69, 9.17) is 17.0 Å². The summed E-state index contributed by atoms with van der Waals surface area (Å²) in [5, 5.41) is 0.857. The van der Waals surface area contributed by atoms with Crippen LogP contribution >= 0.6 is 12.2 Å². The fourth-order valence-electron chi connectivity index (χ4n) is 2.30. The fraction of sp³-hybridized carbons (Fsp3) is 0.375. The molecule has 2 rings (SSSR count). The van der Waals surface area contributed by atoms with E-state index in [1.807, 2.05) is 52.0 Å². The number of carbonyl (C=O) groups is 1. The van der Waals surface area contributed by atoms with E-state index in [-0.39, 0.29) is 18.0 Å². The molecule has 0 aliphatic rings. The molecule has 20 heavy (non-hydrogen) atoms. The monoisotopic (exact) mass is 289 g/mol. The molecule has 2 aromatic rings. The van der Waals surface area contributed by atoms with E-state index < -0.39 is 0 Å². The average Bonchev–Trinajstić information content (AvgIpc) is 2.35. The molecule has 1 N–H and O–H groups in total. The van der Waals surface area contributed by atoms with E-state index in [0.717, 1.165) is 16.5 Å². The molecular formula is C16H19NO2S. The van der Waals surface area contributed by atoms with Crippen LogP contribution in [0.4, 0.5) is 0 Å². The zero-order valence-corrected chi connectivity index (χ0v) is 13.0. The number of para-hydroxylation sites is 1. The van der Waals surface area contributed by atoms with Crippen molar-refractivity contribution in [3.63, 3.8) is 0 Å². The second-order valence-electron chi connectivity index (χ2n) is 5.40. The summed E-state index contributed by atoms with van der Waals surface area (Å²) in [6.07, 6.45) is -0.154.